The Labute approximate surface area is 135 Å². The van der Waals surface area contributed by atoms with Crippen molar-refractivity contribution in [3.63, 3.8) is 0 Å². The van der Waals surface area contributed by atoms with E-state index in [-0.39, 0.29) is 11.3 Å². The predicted molar refractivity (Wildman–Crippen MR) is 84.2 cm³/mol. The van der Waals surface area contributed by atoms with Crippen LogP contribution in [0.4, 0.5) is 8.78 Å². The van der Waals surface area contributed by atoms with E-state index < -0.39 is 17.6 Å². The molecule has 0 spiro atoms. The van der Waals surface area contributed by atoms with Crippen molar-refractivity contribution in [1.29, 1.82) is 0 Å². The van der Waals surface area contributed by atoms with Crippen molar-refractivity contribution in [1.82, 2.24) is 10.6 Å². The summed E-state index contributed by atoms with van der Waals surface area (Å²) in [6, 6.07) is 3.57. The minimum absolute atomic E-state index is 0.0660. The minimum Gasteiger partial charge on any atom is -0.384 e. The molecule has 2 N–H and O–H groups in total. The summed E-state index contributed by atoms with van der Waals surface area (Å²) in [7, 11) is 1.66. The molecule has 1 amide bonds. The van der Waals surface area contributed by atoms with E-state index in [1.54, 1.807) is 14.0 Å². The first-order valence-electron chi connectivity index (χ1n) is 7.90. The van der Waals surface area contributed by atoms with E-state index >= 15 is 0 Å². The quantitative estimate of drug-likeness (QED) is 0.843. The van der Waals surface area contributed by atoms with Crippen molar-refractivity contribution < 1.29 is 18.3 Å². The van der Waals surface area contributed by atoms with Gasteiger partial charge in [-0.25, -0.2) is 8.78 Å². The molecule has 6 heteroatoms. The van der Waals surface area contributed by atoms with Crippen LogP contribution in [-0.4, -0.2) is 39.3 Å². The Hall–Kier alpha value is -1.53. The van der Waals surface area contributed by atoms with Gasteiger partial charge in [0.2, 0.25) is 5.91 Å². The number of hydrogen-bond donors (Lipinski definition) is 2. The Morgan fingerprint density at radius 2 is 2.04 bits per heavy atom. The highest BCUT2D eigenvalue weighted by Gasteiger charge is 2.33. The van der Waals surface area contributed by atoms with Crippen molar-refractivity contribution in [2.75, 3.05) is 33.4 Å². The number of halogens is 2. The molecule has 1 saturated heterocycles. The van der Waals surface area contributed by atoms with Gasteiger partial charge in [-0.2, -0.15) is 0 Å². The number of ether oxygens (including phenoxy) is 1. The number of benzene rings is 1. The van der Waals surface area contributed by atoms with Crippen LogP contribution in [0.1, 0.15) is 31.2 Å². The van der Waals surface area contributed by atoms with E-state index in [0.29, 0.717) is 18.7 Å². The zero-order valence-corrected chi connectivity index (χ0v) is 13.6. The third-order valence-electron chi connectivity index (χ3n) is 4.59. The summed E-state index contributed by atoms with van der Waals surface area (Å²) in [6.07, 6.45) is 1.86. The van der Waals surface area contributed by atoms with Crippen LogP contribution in [-0.2, 0) is 9.53 Å². The monoisotopic (exact) mass is 326 g/mol. The van der Waals surface area contributed by atoms with Crippen LogP contribution in [0.3, 0.4) is 0 Å². The van der Waals surface area contributed by atoms with Gasteiger partial charge in [0, 0.05) is 19.1 Å². The van der Waals surface area contributed by atoms with Crippen molar-refractivity contribution in [3.05, 3.63) is 35.4 Å². The Morgan fingerprint density at radius 3 is 2.65 bits per heavy atom. The molecule has 0 radical (unpaired) electrons. The molecule has 1 aromatic carbocycles. The summed E-state index contributed by atoms with van der Waals surface area (Å²) in [5, 5.41) is 6.25. The average Bonchev–Trinajstić information content (AvgIpc) is 2.56. The lowest BCUT2D eigenvalue weighted by atomic mass is 9.79. The van der Waals surface area contributed by atoms with E-state index in [1.807, 2.05) is 0 Å². The summed E-state index contributed by atoms with van der Waals surface area (Å²) >= 11 is 0. The highest BCUT2D eigenvalue weighted by atomic mass is 19.2. The minimum atomic E-state index is -0.934. The predicted octanol–water partition coefficient (Wildman–Crippen LogP) is 2.20. The fraction of sp³-hybridized carbons (Fsp3) is 0.588. The molecule has 4 nitrogen and oxygen atoms in total. The van der Waals surface area contributed by atoms with Crippen LogP contribution in [0.25, 0.3) is 0 Å². The summed E-state index contributed by atoms with van der Waals surface area (Å²) in [5.41, 5.74) is 0.399. The Kier molecular flexibility index (Phi) is 6.07. The molecular formula is C17H24F2N2O2. The third-order valence-corrected chi connectivity index (χ3v) is 4.59. The normalized spacial score (nSPS) is 18.4. The van der Waals surface area contributed by atoms with Crippen molar-refractivity contribution in [2.24, 2.45) is 5.41 Å². The lowest BCUT2D eigenvalue weighted by Gasteiger charge is -2.37. The number of nitrogens with one attached hydrogen (secondary N) is 2. The van der Waals surface area contributed by atoms with E-state index in [4.69, 9.17) is 4.74 Å². The fourth-order valence-electron chi connectivity index (χ4n) is 3.00. The standard InChI is InChI=1S/C17H24F2N2O2/c1-12(13-3-4-14(18)15(19)9-13)16(22)21-10-17(11-23-2)5-7-20-8-6-17/h3-4,9,12,20H,5-8,10-11H2,1-2H3,(H,21,22). The van der Waals surface area contributed by atoms with Crippen molar-refractivity contribution in [3.8, 4) is 0 Å². The molecule has 1 unspecified atom stereocenters. The van der Waals surface area contributed by atoms with Crippen LogP contribution < -0.4 is 10.6 Å². The molecule has 23 heavy (non-hydrogen) atoms. The topological polar surface area (TPSA) is 50.4 Å². The van der Waals surface area contributed by atoms with Crippen LogP contribution >= 0.6 is 0 Å². The molecule has 1 aliphatic rings. The molecule has 128 valence electrons. The number of rotatable bonds is 6. The second-order valence-electron chi connectivity index (χ2n) is 6.30. The molecule has 0 saturated carbocycles. The number of carbonyl (C=O) groups is 1. The second-order valence-corrected chi connectivity index (χ2v) is 6.30. The van der Waals surface area contributed by atoms with Crippen molar-refractivity contribution >= 4 is 5.91 Å². The molecule has 1 heterocycles. The second kappa shape index (κ2) is 7.84. The van der Waals surface area contributed by atoms with E-state index in [0.717, 1.165) is 38.1 Å². The van der Waals surface area contributed by atoms with Gasteiger partial charge in [-0.15, -0.1) is 0 Å². The maximum absolute atomic E-state index is 13.3. The first-order chi connectivity index (χ1) is 11.0. The highest BCUT2D eigenvalue weighted by molar-refractivity contribution is 5.83. The highest BCUT2D eigenvalue weighted by Crippen LogP contribution is 2.28. The molecule has 2 rings (SSSR count). The zero-order valence-electron chi connectivity index (χ0n) is 13.6. The van der Waals surface area contributed by atoms with Gasteiger partial charge in [-0.05, 0) is 50.6 Å². The summed E-state index contributed by atoms with van der Waals surface area (Å²) in [4.78, 5) is 12.3. The lowest BCUT2D eigenvalue weighted by Crippen LogP contribution is -2.47. The van der Waals surface area contributed by atoms with Gasteiger partial charge in [0.05, 0.1) is 12.5 Å². The van der Waals surface area contributed by atoms with Gasteiger partial charge >= 0.3 is 0 Å². The van der Waals surface area contributed by atoms with E-state index in [1.165, 1.54) is 6.07 Å². The summed E-state index contributed by atoms with van der Waals surface area (Å²) < 4.78 is 31.6. The molecular weight excluding hydrogens is 302 g/mol. The van der Waals surface area contributed by atoms with Gasteiger partial charge in [-0.3, -0.25) is 4.79 Å². The third kappa shape index (κ3) is 4.48. The number of hydrogen-bond acceptors (Lipinski definition) is 3. The van der Waals surface area contributed by atoms with Crippen LogP contribution in [0.5, 0.6) is 0 Å². The molecule has 1 aliphatic heterocycles. The molecule has 0 aromatic heterocycles. The number of amides is 1. The molecule has 1 atom stereocenters. The Morgan fingerprint density at radius 1 is 1.35 bits per heavy atom. The number of piperidine rings is 1. The smallest absolute Gasteiger partial charge is 0.227 e. The van der Waals surface area contributed by atoms with Gasteiger partial charge < -0.3 is 15.4 Å². The lowest BCUT2D eigenvalue weighted by molar-refractivity contribution is -0.123. The molecule has 0 aliphatic carbocycles. The molecule has 0 bridgehead atoms. The summed E-state index contributed by atoms with van der Waals surface area (Å²) in [5.74, 6) is -2.57. The first-order valence-corrected chi connectivity index (χ1v) is 7.90. The van der Waals surface area contributed by atoms with Crippen LogP contribution in [0, 0.1) is 17.0 Å². The van der Waals surface area contributed by atoms with Crippen molar-refractivity contribution in [2.45, 2.75) is 25.7 Å². The Balaban J connectivity index is 1.98. The maximum Gasteiger partial charge on any atom is 0.227 e. The summed E-state index contributed by atoms with van der Waals surface area (Å²) in [6.45, 7) is 4.60. The van der Waals surface area contributed by atoms with E-state index in [9.17, 15) is 13.6 Å². The van der Waals surface area contributed by atoms with Gasteiger partial charge in [-0.1, -0.05) is 6.07 Å². The van der Waals surface area contributed by atoms with E-state index in [2.05, 4.69) is 10.6 Å². The molecule has 1 aromatic rings. The maximum atomic E-state index is 13.3. The van der Waals surface area contributed by atoms with Crippen LogP contribution in [0.15, 0.2) is 18.2 Å². The zero-order chi connectivity index (χ0) is 16.9. The number of carbonyl (C=O) groups excluding carboxylic acids is 1. The fourth-order valence-corrected chi connectivity index (χ4v) is 3.00. The van der Waals surface area contributed by atoms with Crippen LogP contribution in [0.2, 0.25) is 0 Å². The number of methoxy groups -OCH3 is 1. The Bertz CT molecular complexity index is 540. The van der Waals surface area contributed by atoms with Gasteiger partial charge in [0.25, 0.3) is 0 Å². The first kappa shape index (κ1) is 17.8. The van der Waals surface area contributed by atoms with Gasteiger partial charge in [0.1, 0.15) is 0 Å². The SMILES string of the molecule is COCC1(CNC(=O)C(C)c2ccc(F)c(F)c2)CCNCC1. The molecule has 1 fully saturated rings. The largest absolute Gasteiger partial charge is 0.384 e. The van der Waals surface area contributed by atoms with Gasteiger partial charge in [0.15, 0.2) is 11.6 Å². The average molecular weight is 326 g/mol.